The Morgan fingerprint density at radius 3 is 2.84 bits per heavy atom. The molecule has 1 aromatic heterocycles. The lowest BCUT2D eigenvalue weighted by Gasteiger charge is -2.10. The molecule has 1 aliphatic carbocycles. The van der Waals surface area contributed by atoms with Crippen LogP contribution in [0, 0.1) is 11.7 Å². The van der Waals surface area contributed by atoms with Gasteiger partial charge in [-0.1, -0.05) is 19.1 Å². The summed E-state index contributed by atoms with van der Waals surface area (Å²) in [5.41, 5.74) is 2.36. The van der Waals surface area contributed by atoms with Crippen LogP contribution in [0.5, 0.6) is 0 Å². The van der Waals surface area contributed by atoms with Crippen molar-refractivity contribution in [1.82, 2.24) is 15.1 Å². The average Bonchev–Trinajstić information content (AvgIpc) is 3.15. The van der Waals surface area contributed by atoms with E-state index < -0.39 is 5.97 Å². The molecule has 2 N–H and O–H groups in total. The number of carbonyl (C=O) groups excluding carboxylic acids is 1. The molecule has 0 aliphatic heterocycles. The van der Waals surface area contributed by atoms with E-state index in [9.17, 15) is 14.0 Å². The number of halogens is 1. The van der Waals surface area contributed by atoms with Crippen LogP contribution >= 0.6 is 0 Å². The average molecular weight is 345 g/mol. The van der Waals surface area contributed by atoms with Crippen molar-refractivity contribution in [3.63, 3.8) is 0 Å². The standard InChI is InChI=1S/C18H20FN3O3/c1-11(9-16(23)24)10-20-18(25)17-12-5-4-8-14(12)22(21-17)15-7-3-2-6-13(15)19/h2-3,6-7,11H,4-5,8-10H2,1H3,(H,20,25)(H,23,24). The van der Waals surface area contributed by atoms with Gasteiger partial charge in [-0.3, -0.25) is 9.59 Å². The Morgan fingerprint density at radius 2 is 2.12 bits per heavy atom. The summed E-state index contributed by atoms with van der Waals surface area (Å²) in [6.07, 6.45) is 2.37. The Bertz CT molecular complexity index is 816. The van der Waals surface area contributed by atoms with Crippen LogP contribution in [0.25, 0.3) is 5.69 Å². The predicted molar refractivity (Wildman–Crippen MR) is 89.3 cm³/mol. The molecule has 0 bridgehead atoms. The zero-order chi connectivity index (χ0) is 18.0. The fraction of sp³-hybridized carbons (Fsp3) is 0.389. The van der Waals surface area contributed by atoms with Crippen molar-refractivity contribution in [2.75, 3.05) is 6.54 Å². The van der Waals surface area contributed by atoms with Gasteiger partial charge in [0, 0.05) is 24.2 Å². The van der Waals surface area contributed by atoms with Gasteiger partial charge in [-0.05, 0) is 37.3 Å². The van der Waals surface area contributed by atoms with Crippen LogP contribution in [0.3, 0.4) is 0 Å². The summed E-state index contributed by atoms with van der Waals surface area (Å²) >= 11 is 0. The Hall–Kier alpha value is -2.70. The van der Waals surface area contributed by atoms with Crippen molar-refractivity contribution in [3.05, 3.63) is 47.0 Å². The molecule has 1 amide bonds. The zero-order valence-corrected chi connectivity index (χ0v) is 14.0. The van der Waals surface area contributed by atoms with E-state index in [4.69, 9.17) is 5.11 Å². The van der Waals surface area contributed by atoms with Crippen LogP contribution in [0.1, 0.15) is 41.5 Å². The molecule has 132 valence electrons. The molecule has 1 heterocycles. The van der Waals surface area contributed by atoms with Crippen molar-refractivity contribution in [2.24, 2.45) is 5.92 Å². The number of hydrogen-bond acceptors (Lipinski definition) is 3. The Morgan fingerprint density at radius 1 is 1.36 bits per heavy atom. The van der Waals surface area contributed by atoms with Gasteiger partial charge in [-0.15, -0.1) is 0 Å². The molecule has 0 radical (unpaired) electrons. The molecule has 1 atom stereocenters. The summed E-state index contributed by atoms with van der Waals surface area (Å²) in [7, 11) is 0. The highest BCUT2D eigenvalue weighted by Gasteiger charge is 2.27. The Balaban J connectivity index is 1.83. The number of aromatic nitrogens is 2. The maximum Gasteiger partial charge on any atom is 0.303 e. The third kappa shape index (κ3) is 3.55. The molecule has 1 aliphatic rings. The van der Waals surface area contributed by atoms with E-state index in [1.54, 1.807) is 25.1 Å². The Labute approximate surface area is 144 Å². The number of carboxylic acid groups (broad SMARTS) is 1. The Kier molecular flexibility index (Phi) is 4.83. The number of para-hydroxylation sites is 1. The van der Waals surface area contributed by atoms with Crippen molar-refractivity contribution < 1.29 is 19.1 Å². The first-order valence-electron chi connectivity index (χ1n) is 8.33. The second kappa shape index (κ2) is 7.04. The van der Waals surface area contributed by atoms with E-state index in [1.165, 1.54) is 10.7 Å². The van der Waals surface area contributed by atoms with Gasteiger partial charge in [0.15, 0.2) is 5.69 Å². The highest BCUT2D eigenvalue weighted by atomic mass is 19.1. The minimum atomic E-state index is -0.897. The normalized spacial score (nSPS) is 14.2. The minimum absolute atomic E-state index is 0.0119. The van der Waals surface area contributed by atoms with E-state index in [0.29, 0.717) is 11.4 Å². The smallest absolute Gasteiger partial charge is 0.303 e. The fourth-order valence-corrected chi connectivity index (χ4v) is 3.16. The molecule has 3 rings (SSSR count). The minimum Gasteiger partial charge on any atom is -0.481 e. The molecule has 25 heavy (non-hydrogen) atoms. The lowest BCUT2D eigenvalue weighted by Crippen LogP contribution is -2.30. The quantitative estimate of drug-likeness (QED) is 0.842. The largest absolute Gasteiger partial charge is 0.481 e. The van der Waals surface area contributed by atoms with Crippen LogP contribution in [0.4, 0.5) is 4.39 Å². The second-order valence-electron chi connectivity index (χ2n) is 6.40. The number of carbonyl (C=O) groups is 2. The maximum atomic E-state index is 14.1. The highest BCUT2D eigenvalue weighted by molar-refractivity contribution is 5.94. The SMILES string of the molecule is CC(CNC(=O)c1nn(-c2ccccc2F)c2c1CCC2)CC(=O)O. The molecule has 0 saturated carbocycles. The first-order valence-corrected chi connectivity index (χ1v) is 8.33. The lowest BCUT2D eigenvalue weighted by molar-refractivity contribution is -0.137. The number of benzene rings is 1. The number of amides is 1. The number of fused-ring (bicyclic) bond motifs is 1. The van der Waals surface area contributed by atoms with Crippen molar-refractivity contribution >= 4 is 11.9 Å². The molecule has 0 saturated heterocycles. The number of rotatable bonds is 6. The van der Waals surface area contributed by atoms with Crippen molar-refractivity contribution in [1.29, 1.82) is 0 Å². The van der Waals surface area contributed by atoms with Gasteiger partial charge in [-0.25, -0.2) is 9.07 Å². The van der Waals surface area contributed by atoms with Crippen LogP contribution in [-0.2, 0) is 17.6 Å². The van der Waals surface area contributed by atoms with E-state index in [2.05, 4.69) is 10.4 Å². The fourth-order valence-electron chi connectivity index (χ4n) is 3.16. The number of nitrogens with zero attached hydrogens (tertiary/aromatic N) is 2. The summed E-state index contributed by atoms with van der Waals surface area (Å²) in [5.74, 6) is -1.80. The van der Waals surface area contributed by atoms with Crippen molar-refractivity contribution in [2.45, 2.75) is 32.6 Å². The number of aliphatic carboxylic acids is 1. The first-order chi connectivity index (χ1) is 12.0. The van der Waals surface area contributed by atoms with Crippen LogP contribution in [0.2, 0.25) is 0 Å². The van der Waals surface area contributed by atoms with Gasteiger partial charge in [0.25, 0.3) is 5.91 Å². The summed E-state index contributed by atoms with van der Waals surface area (Å²) in [5, 5.41) is 15.9. The van der Waals surface area contributed by atoms with E-state index in [0.717, 1.165) is 30.5 Å². The molecule has 0 spiro atoms. The van der Waals surface area contributed by atoms with Gasteiger partial charge >= 0.3 is 5.97 Å². The van der Waals surface area contributed by atoms with Gasteiger partial charge < -0.3 is 10.4 Å². The van der Waals surface area contributed by atoms with Gasteiger partial charge in [-0.2, -0.15) is 5.10 Å². The molecule has 6 nitrogen and oxygen atoms in total. The molecule has 1 aromatic carbocycles. The monoisotopic (exact) mass is 345 g/mol. The molecular formula is C18H20FN3O3. The molecule has 1 unspecified atom stereocenters. The van der Waals surface area contributed by atoms with Gasteiger partial charge in [0.1, 0.15) is 11.5 Å². The molecule has 2 aromatic rings. The lowest BCUT2D eigenvalue weighted by atomic mass is 10.1. The molecule has 7 heteroatoms. The van der Waals surface area contributed by atoms with E-state index in [-0.39, 0.29) is 30.6 Å². The van der Waals surface area contributed by atoms with Crippen molar-refractivity contribution in [3.8, 4) is 5.69 Å². The second-order valence-corrected chi connectivity index (χ2v) is 6.40. The van der Waals surface area contributed by atoms with Gasteiger partial charge in [0.05, 0.1) is 0 Å². The molecular weight excluding hydrogens is 325 g/mol. The summed E-state index contributed by atoms with van der Waals surface area (Å²) < 4.78 is 15.6. The number of nitrogens with one attached hydrogen (secondary N) is 1. The third-order valence-electron chi connectivity index (χ3n) is 4.36. The van der Waals surface area contributed by atoms with Gasteiger partial charge in [0.2, 0.25) is 0 Å². The van der Waals surface area contributed by atoms with Crippen LogP contribution in [0.15, 0.2) is 24.3 Å². The maximum absolute atomic E-state index is 14.1. The topological polar surface area (TPSA) is 84.2 Å². The summed E-state index contributed by atoms with van der Waals surface area (Å²) in [4.78, 5) is 23.2. The van der Waals surface area contributed by atoms with Crippen LogP contribution < -0.4 is 5.32 Å². The van der Waals surface area contributed by atoms with Crippen LogP contribution in [-0.4, -0.2) is 33.3 Å². The zero-order valence-electron chi connectivity index (χ0n) is 14.0. The highest BCUT2D eigenvalue weighted by Crippen LogP contribution is 2.28. The van der Waals surface area contributed by atoms with E-state index >= 15 is 0 Å². The predicted octanol–water partition coefficient (Wildman–Crippen LogP) is 2.34. The van der Waals surface area contributed by atoms with E-state index in [1.807, 2.05) is 0 Å². The third-order valence-corrected chi connectivity index (χ3v) is 4.36. The summed E-state index contributed by atoms with van der Waals surface area (Å²) in [6, 6.07) is 6.35. The molecule has 0 fully saturated rings. The number of hydrogen-bond donors (Lipinski definition) is 2. The number of carboxylic acids is 1. The first kappa shape index (κ1) is 17.1. The summed E-state index contributed by atoms with van der Waals surface area (Å²) in [6.45, 7) is 2.02.